The molecule has 1 aliphatic carbocycles. The molecular weight excluding hydrogens is 336 g/mol. The number of nitrogens with one attached hydrogen (secondary N) is 1. The Labute approximate surface area is 150 Å². The summed E-state index contributed by atoms with van der Waals surface area (Å²) in [5, 5.41) is 3.14. The highest BCUT2D eigenvalue weighted by Crippen LogP contribution is 2.24. The largest absolute Gasteiger partial charge is 0.353 e. The van der Waals surface area contributed by atoms with Crippen molar-refractivity contribution >= 4 is 15.9 Å². The van der Waals surface area contributed by atoms with Crippen LogP contribution in [-0.2, 0) is 20.6 Å². The molecule has 1 amide bonds. The molecule has 1 N–H and O–H groups in total. The van der Waals surface area contributed by atoms with Crippen molar-refractivity contribution in [3.05, 3.63) is 35.4 Å². The number of rotatable bonds is 5. The van der Waals surface area contributed by atoms with Crippen LogP contribution in [0, 0.1) is 12.8 Å². The van der Waals surface area contributed by atoms with E-state index in [-0.39, 0.29) is 17.6 Å². The summed E-state index contributed by atoms with van der Waals surface area (Å²) in [7, 11) is -3.33. The molecule has 0 aromatic heterocycles. The minimum absolute atomic E-state index is 0.0403. The average molecular weight is 365 g/mol. The molecule has 1 saturated heterocycles. The van der Waals surface area contributed by atoms with E-state index in [0.717, 1.165) is 24.0 Å². The number of sulfonamides is 1. The molecule has 3 rings (SSSR count). The monoisotopic (exact) mass is 364 g/mol. The molecule has 5 nitrogen and oxygen atoms in total. The minimum atomic E-state index is -3.33. The quantitative estimate of drug-likeness (QED) is 0.873. The van der Waals surface area contributed by atoms with Gasteiger partial charge in [-0.2, -0.15) is 0 Å². The third kappa shape index (κ3) is 4.61. The maximum Gasteiger partial charge on any atom is 0.223 e. The highest BCUT2D eigenvalue weighted by Gasteiger charge is 2.32. The third-order valence-electron chi connectivity index (χ3n) is 5.52. The van der Waals surface area contributed by atoms with Crippen molar-refractivity contribution in [3.8, 4) is 0 Å². The second kappa shape index (κ2) is 7.87. The summed E-state index contributed by atoms with van der Waals surface area (Å²) in [5.74, 6) is 0.104. The van der Waals surface area contributed by atoms with Gasteiger partial charge in [0.05, 0.1) is 5.75 Å². The van der Waals surface area contributed by atoms with E-state index < -0.39 is 10.0 Å². The van der Waals surface area contributed by atoms with Gasteiger partial charge in [-0.1, -0.05) is 37.1 Å². The molecule has 1 saturated carbocycles. The topological polar surface area (TPSA) is 66.5 Å². The fourth-order valence-electron chi connectivity index (χ4n) is 3.85. The van der Waals surface area contributed by atoms with Crippen molar-refractivity contribution in [1.29, 1.82) is 0 Å². The number of hydrogen-bond acceptors (Lipinski definition) is 3. The lowest BCUT2D eigenvalue weighted by molar-refractivity contribution is -0.126. The number of amides is 1. The zero-order valence-electron chi connectivity index (χ0n) is 14.9. The molecule has 1 aromatic carbocycles. The van der Waals surface area contributed by atoms with Crippen molar-refractivity contribution in [3.63, 3.8) is 0 Å². The number of carbonyl (C=O) groups excluding carboxylic acids is 1. The third-order valence-corrected chi connectivity index (χ3v) is 7.35. The van der Waals surface area contributed by atoms with E-state index in [1.807, 2.05) is 31.2 Å². The predicted molar refractivity (Wildman–Crippen MR) is 98.5 cm³/mol. The van der Waals surface area contributed by atoms with E-state index in [1.165, 1.54) is 12.8 Å². The van der Waals surface area contributed by atoms with Gasteiger partial charge in [0.2, 0.25) is 15.9 Å². The van der Waals surface area contributed by atoms with Crippen molar-refractivity contribution in [2.75, 3.05) is 13.1 Å². The summed E-state index contributed by atoms with van der Waals surface area (Å²) in [6.07, 6.45) is 5.78. The van der Waals surface area contributed by atoms with E-state index in [0.29, 0.717) is 32.0 Å². The van der Waals surface area contributed by atoms with E-state index >= 15 is 0 Å². The Morgan fingerprint density at radius 1 is 1.12 bits per heavy atom. The van der Waals surface area contributed by atoms with Gasteiger partial charge in [-0.05, 0) is 43.7 Å². The van der Waals surface area contributed by atoms with Gasteiger partial charge in [0.25, 0.3) is 0 Å². The molecule has 2 fully saturated rings. The first-order valence-corrected chi connectivity index (χ1v) is 10.9. The Bertz CT molecular complexity index is 703. The molecule has 1 aliphatic heterocycles. The van der Waals surface area contributed by atoms with Gasteiger partial charge in [-0.15, -0.1) is 0 Å². The molecule has 25 heavy (non-hydrogen) atoms. The Kier molecular flexibility index (Phi) is 5.79. The highest BCUT2D eigenvalue weighted by molar-refractivity contribution is 7.88. The fraction of sp³-hybridized carbons (Fsp3) is 0.632. The SMILES string of the molecule is Cc1ccccc1CS(=O)(=O)N1CCC(C(=O)NC2CCCC2)CC1. The normalized spacial score (nSPS) is 20.7. The summed E-state index contributed by atoms with van der Waals surface area (Å²) in [5.41, 5.74) is 1.85. The molecule has 1 heterocycles. The number of carbonyl (C=O) groups is 1. The predicted octanol–water partition coefficient (Wildman–Crippen LogP) is 2.60. The molecule has 1 aromatic rings. The molecule has 6 heteroatoms. The summed E-state index contributed by atoms with van der Waals surface area (Å²) in [4.78, 5) is 12.4. The van der Waals surface area contributed by atoms with Crippen LogP contribution in [0.5, 0.6) is 0 Å². The van der Waals surface area contributed by atoms with Gasteiger partial charge in [-0.25, -0.2) is 12.7 Å². The van der Waals surface area contributed by atoms with Crippen LogP contribution < -0.4 is 5.32 Å². The van der Waals surface area contributed by atoms with Crippen molar-refractivity contribution in [2.24, 2.45) is 5.92 Å². The molecular formula is C19H28N2O3S. The maximum atomic E-state index is 12.7. The van der Waals surface area contributed by atoms with E-state index in [4.69, 9.17) is 0 Å². The van der Waals surface area contributed by atoms with Crippen LogP contribution in [0.4, 0.5) is 0 Å². The Morgan fingerprint density at radius 3 is 2.40 bits per heavy atom. The first kappa shape index (κ1) is 18.4. The Balaban J connectivity index is 1.54. The van der Waals surface area contributed by atoms with Crippen LogP contribution in [0.2, 0.25) is 0 Å². The molecule has 0 radical (unpaired) electrons. The summed E-state index contributed by atoms with van der Waals surface area (Å²) in [6, 6.07) is 7.92. The first-order chi connectivity index (χ1) is 12.0. The maximum absolute atomic E-state index is 12.7. The fourth-order valence-corrected chi connectivity index (χ4v) is 5.51. The summed E-state index contributed by atoms with van der Waals surface area (Å²) < 4.78 is 26.9. The number of benzene rings is 1. The zero-order valence-corrected chi connectivity index (χ0v) is 15.7. The van der Waals surface area contributed by atoms with E-state index in [2.05, 4.69) is 5.32 Å². The smallest absolute Gasteiger partial charge is 0.223 e. The Hall–Kier alpha value is -1.40. The number of nitrogens with zero attached hydrogens (tertiary/aromatic N) is 1. The molecule has 0 atom stereocenters. The zero-order chi connectivity index (χ0) is 17.9. The van der Waals surface area contributed by atoms with E-state index in [1.54, 1.807) is 4.31 Å². The Morgan fingerprint density at radius 2 is 1.76 bits per heavy atom. The van der Waals surface area contributed by atoms with Crippen LogP contribution >= 0.6 is 0 Å². The van der Waals surface area contributed by atoms with Crippen LogP contribution in [0.1, 0.15) is 49.7 Å². The second-order valence-corrected chi connectivity index (χ2v) is 9.31. The van der Waals surface area contributed by atoms with Crippen molar-refractivity contribution < 1.29 is 13.2 Å². The van der Waals surface area contributed by atoms with Gasteiger partial charge < -0.3 is 5.32 Å². The number of piperidine rings is 1. The molecule has 0 bridgehead atoms. The average Bonchev–Trinajstić information content (AvgIpc) is 3.10. The van der Waals surface area contributed by atoms with E-state index in [9.17, 15) is 13.2 Å². The second-order valence-electron chi connectivity index (χ2n) is 7.35. The van der Waals surface area contributed by atoms with Crippen LogP contribution in [0.15, 0.2) is 24.3 Å². The summed E-state index contributed by atoms with van der Waals surface area (Å²) in [6.45, 7) is 2.82. The van der Waals surface area contributed by atoms with Crippen LogP contribution in [-0.4, -0.2) is 37.8 Å². The van der Waals surface area contributed by atoms with Gasteiger partial charge in [0.1, 0.15) is 0 Å². The molecule has 0 spiro atoms. The van der Waals surface area contributed by atoms with Crippen molar-refractivity contribution in [1.82, 2.24) is 9.62 Å². The number of aryl methyl sites for hydroxylation is 1. The highest BCUT2D eigenvalue weighted by atomic mass is 32.2. The van der Waals surface area contributed by atoms with Gasteiger partial charge >= 0.3 is 0 Å². The molecule has 0 unspecified atom stereocenters. The van der Waals surface area contributed by atoms with Gasteiger partial charge in [0.15, 0.2) is 0 Å². The first-order valence-electron chi connectivity index (χ1n) is 9.28. The van der Waals surface area contributed by atoms with Gasteiger partial charge in [0, 0.05) is 25.0 Å². The molecule has 138 valence electrons. The van der Waals surface area contributed by atoms with Gasteiger partial charge in [-0.3, -0.25) is 4.79 Å². The minimum Gasteiger partial charge on any atom is -0.353 e. The van der Waals surface area contributed by atoms with Crippen LogP contribution in [0.3, 0.4) is 0 Å². The van der Waals surface area contributed by atoms with Crippen LogP contribution in [0.25, 0.3) is 0 Å². The summed E-state index contributed by atoms with van der Waals surface area (Å²) >= 11 is 0. The lowest BCUT2D eigenvalue weighted by Gasteiger charge is -2.31. The van der Waals surface area contributed by atoms with Crippen molar-refractivity contribution in [2.45, 2.75) is 57.2 Å². The lowest BCUT2D eigenvalue weighted by atomic mass is 9.97. The molecule has 2 aliphatic rings. The lowest BCUT2D eigenvalue weighted by Crippen LogP contribution is -2.45. The number of hydrogen-bond donors (Lipinski definition) is 1. The standard InChI is InChI=1S/C19H28N2O3S/c1-15-6-2-3-7-17(15)14-25(23,24)21-12-10-16(11-13-21)19(22)20-18-8-4-5-9-18/h2-3,6-7,16,18H,4-5,8-14H2,1H3,(H,20,22).